The number of hydrogen-bond acceptors (Lipinski definition) is 4. The summed E-state index contributed by atoms with van der Waals surface area (Å²) in [5.74, 6) is -0.599. The Balaban J connectivity index is 1.67. The monoisotopic (exact) mass is 391 g/mol. The Morgan fingerprint density at radius 3 is 2.39 bits per heavy atom. The normalized spacial score (nSPS) is 14.5. The second-order valence-electron chi connectivity index (χ2n) is 6.59. The van der Waals surface area contributed by atoms with Gasteiger partial charge >= 0.3 is 0 Å². The minimum atomic E-state index is -3.82. The minimum absolute atomic E-state index is 0.0139. The van der Waals surface area contributed by atoms with Gasteiger partial charge in [-0.3, -0.25) is 9.59 Å². The third-order valence-electron chi connectivity index (χ3n) is 4.74. The van der Waals surface area contributed by atoms with Crippen LogP contribution in [0.25, 0.3) is 0 Å². The molecule has 0 unspecified atom stereocenters. The molecule has 0 atom stereocenters. The van der Waals surface area contributed by atoms with E-state index in [4.69, 9.17) is 0 Å². The SMILES string of the molecule is O=C(NCc1ccccc1)c1ccc2c(c1)CC(=O)c1ccccc1S2(=O)=O. The summed E-state index contributed by atoms with van der Waals surface area (Å²) >= 11 is 0. The van der Waals surface area contributed by atoms with Crippen molar-refractivity contribution in [2.75, 3.05) is 0 Å². The van der Waals surface area contributed by atoms with Crippen LogP contribution in [0.3, 0.4) is 0 Å². The van der Waals surface area contributed by atoms with Gasteiger partial charge in [0.25, 0.3) is 5.91 Å². The third-order valence-corrected chi connectivity index (χ3v) is 6.65. The van der Waals surface area contributed by atoms with Crippen LogP contribution in [0.1, 0.15) is 31.8 Å². The molecule has 1 aliphatic heterocycles. The van der Waals surface area contributed by atoms with Crippen LogP contribution in [-0.2, 0) is 22.8 Å². The van der Waals surface area contributed by atoms with Gasteiger partial charge in [-0.2, -0.15) is 0 Å². The van der Waals surface area contributed by atoms with Gasteiger partial charge in [0.1, 0.15) is 0 Å². The average molecular weight is 391 g/mol. The molecule has 0 spiro atoms. The van der Waals surface area contributed by atoms with Crippen molar-refractivity contribution in [3.8, 4) is 0 Å². The zero-order chi connectivity index (χ0) is 19.7. The molecule has 0 aliphatic carbocycles. The fourth-order valence-electron chi connectivity index (χ4n) is 3.32. The van der Waals surface area contributed by atoms with Crippen LogP contribution < -0.4 is 5.32 Å². The van der Waals surface area contributed by atoms with Gasteiger partial charge in [-0.05, 0) is 35.4 Å². The van der Waals surface area contributed by atoms with Gasteiger partial charge in [-0.25, -0.2) is 8.42 Å². The summed E-state index contributed by atoms with van der Waals surface area (Å²) in [7, 11) is -3.82. The maximum Gasteiger partial charge on any atom is 0.251 e. The summed E-state index contributed by atoms with van der Waals surface area (Å²) in [6, 6.07) is 20.1. The van der Waals surface area contributed by atoms with Gasteiger partial charge in [0.15, 0.2) is 5.78 Å². The van der Waals surface area contributed by atoms with Crippen LogP contribution in [0, 0.1) is 0 Å². The van der Waals surface area contributed by atoms with Crippen LogP contribution in [0.2, 0.25) is 0 Å². The second-order valence-corrected chi connectivity index (χ2v) is 8.48. The average Bonchev–Trinajstić information content (AvgIpc) is 2.80. The number of ketones is 1. The molecule has 5 nitrogen and oxygen atoms in total. The van der Waals surface area contributed by atoms with Crippen molar-refractivity contribution in [2.45, 2.75) is 22.8 Å². The minimum Gasteiger partial charge on any atom is -0.348 e. The summed E-state index contributed by atoms with van der Waals surface area (Å²) in [6.45, 7) is 0.361. The van der Waals surface area contributed by atoms with E-state index < -0.39 is 9.84 Å². The van der Waals surface area contributed by atoms with Crippen molar-refractivity contribution in [1.82, 2.24) is 5.32 Å². The molecule has 1 heterocycles. The first-order valence-electron chi connectivity index (χ1n) is 8.79. The number of benzene rings is 3. The van der Waals surface area contributed by atoms with Crippen molar-refractivity contribution >= 4 is 21.5 Å². The van der Waals surface area contributed by atoms with E-state index in [0.717, 1.165) is 5.56 Å². The molecule has 3 aromatic rings. The van der Waals surface area contributed by atoms with Crippen molar-refractivity contribution in [3.05, 3.63) is 95.1 Å². The highest BCUT2D eigenvalue weighted by Gasteiger charge is 2.31. The van der Waals surface area contributed by atoms with E-state index in [-0.39, 0.29) is 33.5 Å². The smallest absolute Gasteiger partial charge is 0.251 e. The van der Waals surface area contributed by atoms with E-state index >= 15 is 0 Å². The standard InChI is InChI=1S/C22H17NO4S/c24-19-13-17-12-16(22(25)23-14-15-6-2-1-3-7-15)10-11-20(17)28(26,27)21-9-5-4-8-18(19)21/h1-12H,13-14H2,(H,23,25). The fraction of sp³-hybridized carbons (Fsp3) is 0.0909. The number of nitrogens with one attached hydrogen (secondary N) is 1. The van der Waals surface area contributed by atoms with Gasteiger partial charge in [-0.15, -0.1) is 0 Å². The van der Waals surface area contributed by atoms with Crippen molar-refractivity contribution in [2.24, 2.45) is 0 Å². The molecule has 0 aromatic heterocycles. The molecule has 140 valence electrons. The Labute approximate surface area is 162 Å². The molecule has 0 bridgehead atoms. The third kappa shape index (κ3) is 3.23. The maximum absolute atomic E-state index is 13.0. The maximum atomic E-state index is 13.0. The lowest BCUT2D eigenvalue weighted by atomic mass is 10.0. The Bertz CT molecular complexity index is 1180. The predicted molar refractivity (Wildman–Crippen MR) is 104 cm³/mol. The van der Waals surface area contributed by atoms with E-state index in [9.17, 15) is 18.0 Å². The molecule has 0 radical (unpaired) electrons. The summed E-state index contributed by atoms with van der Waals surface area (Å²) in [5, 5.41) is 2.81. The van der Waals surface area contributed by atoms with Gasteiger partial charge in [0.05, 0.1) is 9.79 Å². The summed E-state index contributed by atoms with van der Waals surface area (Å²) < 4.78 is 26.0. The van der Waals surface area contributed by atoms with Crippen LogP contribution in [0.15, 0.2) is 82.6 Å². The van der Waals surface area contributed by atoms with E-state index in [1.807, 2.05) is 30.3 Å². The number of rotatable bonds is 3. The molecule has 6 heteroatoms. The second kappa shape index (κ2) is 7.05. The number of Topliss-reactive ketones (excluding diaryl/α,β-unsaturated/α-hetero) is 1. The Morgan fingerprint density at radius 2 is 1.61 bits per heavy atom. The van der Waals surface area contributed by atoms with Gasteiger partial charge in [-0.1, -0.05) is 48.5 Å². The fourth-order valence-corrected chi connectivity index (χ4v) is 5.01. The molecule has 1 N–H and O–H groups in total. The van der Waals surface area contributed by atoms with Crippen LogP contribution in [0.5, 0.6) is 0 Å². The molecule has 28 heavy (non-hydrogen) atoms. The summed E-state index contributed by atoms with van der Waals surface area (Å²) in [4.78, 5) is 25.2. The lowest BCUT2D eigenvalue weighted by Gasteiger charge is -2.10. The van der Waals surface area contributed by atoms with Crippen molar-refractivity contribution in [3.63, 3.8) is 0 Å². The van der Waals surface area contributed by atoms with Crippen molar-refractivity contribution < 1.29 is 18.0 Å². The molecule has 0 saturated carbocycles. The highest BCUT2D eigenvalue weighted by molar-refractivity contribution is 7.91. The number of carbonyl (C=O) groups excluding carboxylic acids is 2. The number of amides is 1. The molecule has 3 aromatic carbocycles. The van der Waals surface area contributed by atoms with Crippen LogP contribution >= 0.6 is 0 Å². The lowest BCUT2D eigenvalue weighted by molar-refractivity contribution is 0.0947. The number of carbonyl (C=O) groups is 2. The van der Waals surface area contributed by atoms with Crippen molar-refractivity contribution in [1.29, 1.82) is 0 Å². The lowest BCUT2D eigenvalue weighted by Crippen LogP contribution is -2.23. The van der Waals surface area contributed by atoms with Gasteiger partial charge in [0, 0.05) is 24.1 Å². The Kier molecular flexibility index (Phi) is 4.57. The van der Waals surface area contributed by atoms with E-state index in [1.54, 1.807) is 12.1 Å². The Morgan fingerprint density at radius 1 is 0.893 bits per heavy atom. The molecular formula is C22H17NO4S. The Hall–Kier alpha value is -3.25. The topological polar surface area (TPSA) is 80.3 Å². The molecule has 0 fully saturated rings. The van der Waals surface area contributed by atoms with E-state index in [2.05, 4.69) is 5.32 Å². The van der Waals surface area contributed by atoms with Gasteiger partial charge in [0.2, 0.25) is 9.84 Å². The van der Waals surface area contributed by atoms with Crippen LogP contribution in [0.4, 0.5) is 0 Å². The zero-order valence-corrected chi connectivity index (χ0v) is 15.7. The van der Waals surface area contributed by atoms with Crippen LogP contribution in [-0.4, -0.2) is 20.1 Å². The molecule has 4 rings (SSSR count). The number of fused-ring (bicyclic) bond motifs is 2. The first-order valence-corrected chi connectivity index (χ1v) is 10.3. The highest BCUT2D eigenvalue weighted by atomic mass is 32.2. The quantitative estimate of drug-likeness (QED) is 0.744. The number of hydrogen-bond donors (Lipinski definition) is 1. The summed E-state index contributed by atoms with van der Waals surface area (Å²) in [5.41, 5.74) is 1.81. The molecule has 1 amide bonds. The zero-order valence-electron chi connectivity index (χ0n) is 14.9. The first kappa shape index (κ1) is 18.1. The first-order chi connectivity index (χ1) is 13.5. The van der Waals surface area contributed by atoms with E-state index in [0.29, 0.717) is 17.7 Å². The largest absolute Gasteiger partial charge is 0.348 e. The molecular weight excluding hydrogens is 374 g/mol. The number of sulfone groups is 1. The molecule has 0 saturated heterocycles. The highest BCUT2D eigenvalue weighted by Crippen LogP contribution is 2.32. The van der Waals surface area contributed by atoms with Gasteiger partial charge < -0.3 is 5.32 Å². The summed E-state index contributed by atoms with van der Waals surface area (Å²) in [6.07, 6.45) is -0.0641. The molecule has 1 aliphatic rings. The van der Waals surface area contributed by atoms with E-state index in [1.165, 1.54) is 30.3 Å². The predicted octanol–water partition coefficient (Wildman–Crippen LogP) is 3.19.